The Morgan fingerprint density at radius 1 is 0.568 bits per heavy atom. The highest BCUT2D eigenvalue weighted by molar-refractivity contribution is 5.66. The van der Waals surface area contributed by atoms with E-state index in [1.165, 1.54) is 11.1 Å². The molecule has 0 unspecified atom stereocenters. The number of nitrogens with zero attached hydrogens (tertiary/aromatic N) is 2. The largest absolute Gasteiger partial charge is 0.507 e. The van der Waals surface area contributed by atoms with Crippen LogP contribution in [0.3, 0.4) is 0 Å². The van der Waals surface area contributed by atoms with Gasteiger partial charge in [0.1, 0.15) is 11.5 Å². The van der Waals surface area contributed by atoms with Gasteiger partial charge >= 0.3 is 0 Å². The Balaban J connectivity index is 2.82. The standard InChI is InChI=1S/C33H54N2O2/c1-30(2,3)23-17-22(28(36)25(18-23)32(7,8)9)21-35(16-15-34(13)14)27-20-24(31(4,5)6)19-26(29(27)37)33(10,11)12/h17-20,36-37H,15-16,21H2,1-14H3. The van der Waals surface area contributed by atoms with Crippen LogP contribution in [0.5, 0.6) is 11.5 Å². The zero-order valence-corrected chi connectivity index (χ0v) is 26.2. The van der Waals surface area contributed by atoms with Crippen LogP contribution in [0.1, 0.15) is 111 Å². The fourth-order valence-electron chi connectivity index (χ4n) is 4.50. The van der Waals surface area contributed by atoms with Crippen molar-refractivity contribution in [1.29, 1.82) is 0 Å². The number of phenolic OH excluding ortho intramolecular Hbond substituents is 2. The maximum Gasteiger partial charge on any atom is 0.142 e. The van der Waals surface area contributed by atoms with Crippen molar-refractivity contribution in [2.45, 2.75) is 111 Å². The van der Waals surface area contributed by atoms with Crippen LogP contribution in [0, 0.1) is 0 Å². The zero-order valence-electron chi connectivity index (χ0n) is 26.2. The number of rotatable bonds is 6. The molecule has 2 aromatic rings. The van der Waals surface area contributed by atoms with Gasteiger partial charge in [-0.25, -0.2) is 0 Å². The van der Waals surface area contributed by atoms with Gasteiger partial charge < -0.3 is 20.0 Å². The summed E-state index contributed by atoms with van der Waals surface area (Å²) in [5.41, 5.74) is 5.53. The van der Waals surface area contributed by atoms with E-state index >= 15 is 0 Å². The van der Waals surface area contributed by atoms with Gasteiger partial charge in [0.25, 0.3) is 0 Å². The minimum Gasteiger partial charge on any atom is -0.507 e. The van der Waals surface area contributed by atoms with Crippen LogP contribution in [-0.4, -0.2) is 42.3 Å². The van der Waals surface area contributed by atoms with Crippen molar-refractivity contribution in [1.82, 2.24) is 4.90 Å². The predicted octanol–water partition coefficient (Wildman–Crippen LogP) is 7.86. The van der Waals surface area contributed by atoms with Gasteiger partial charge in [0, 0.05) is 30.8 Å². The molecule has 0 aliphatic heterocycles. The number of aromatic hydroxyl groups is 2. The van der Waals surface area contributed by atoms with Gasteiger partial charge in [-0.3, -0.25) is 0 Å². The average Bonchev–Trinajstić information content (AvgIpc) is 2.68. The van der Waals surface area contributed by atoms with E-state index in [2.05, 4.69) is 131 Å². The number of anilines is 1. The van der Waals surface area contributed by atoms with E-state index in [4.69, 9.17) is 0 Å². The quantitative estimate of drug-likeness (QED) is 0.415. The van der Waals surface area contributed by atoms with E-state index in [1.54, 1.807) is 0 Å². The normalized spacial score (nSPS) is 13.4. The maximum atomic E-state index is 11.6. The molecule has 0 bridgehead atoms. The molecule has 0 fully saturated rings. The van der Waals surface area contributed by atoms with Crippen molar-refractivity contribution < 1.29 is 10.2 Å². The first-order valence-electron chi connectivity index (χ1n) is 13.7. The van der Waals surface area contributed by atoms with Crippen LogP contribution >= 0.6 is 0 Å². The first kappa shape index (κ1) is 31.0. The van der Waals surface area contributed by atoms with Crippen molar-refractivity contribution in [2.24, 2.45) is 0 Å². The van der Waals surface area contributed by atoms with Gasteiger partial charge in [0.15, 0.2) is 0 Å². The predicted molar refractivity (Wildman–Crippen MR) is 161 cm³/mol. The molecule has 0 radical (unpaired) electrons. The molecule has 0 saturated carbocycles. The lowest BCUT2D eigenvalue weighted by molar-refractivity contribution is 0.405. The SMILES string of the molecule is CN(C)CCN(Cc1cc(C(C)(C)C)cc(C(C)(C)C)c1O)c1cc(C(C)(C)C)cc(C(C)(C)C)c1O. The molecule has 0 heterocycles. The molecule has 0 saturated heterocycles. The third-order valence-electron chi connectivity index (χ3n) is 7.15. The molecule has 0 aliphatic rings. The summed E-state index contributed by atoms with van der Waals surface area (Å²) in [6, 6.07) is 8.63. The Kier molecular flexibility index (Phi) is 8.82. The van der Waals surface area contributed by atoms with Gasteiger partial charge in [-0.05, 0) is 64.6 Å². The third-order valence-corrected chi connectivity index (χ3v) is 7.15. The summed E-state index contributed by atoms with van der Waals surface area (Å²) >= 11 is 0. The number of benzene rings is 2. The first-order valence-corrected chi connectivity index (χ1v) is 13.7. The van der Waals surface area contributed by atoms with Gasteiger partial charge in [-0.15, -0.1) is 0 Å². The highest BCUT2D eigenvalue weighted by Crippen LogP contribution is 2.44. The molecule has 0 aromatic heterocycles. The fraction of sp³-hybridized carbons (Fsp3) is 0.636. The van der Waals surface area contributed by atoms with Crippen molar-refractivity contribution in [2.75, 3.05) is 32.1 Å². The summed E-state index contributed by atoms with van der Waals surface area (Å²) in [5, 5.41) is 23.2. The van der Waals surface area contributed by atoms with Crippen LogP contribution in [0.2, 0.25) is 0 Å². The van der Waals surface area contributed by atoms with Gasteiger partial charge in [-0.1, -0.05) is 95.2 Å². The molecule has 0 amide bonds. The molecule has 0 spiro atoms. The molecule has 4 heteroatoms. The van der Waals surface area contributed by atoms with E-state index in [0.717, 1.165) is 35.5 Å². The molecular weight excluding hydrogens is 456 g/mol. The smallest absolute Gasteiger partial charge is 0.142 e. The lowest BCUT2D eigenvalue weighted by Crippen LogP contribution is -2.32. The Morgan fingerprint density at radius 3 is 1.41 bits per heavy atom. The molecule has 2 N–H and O–H groups in total. The lowest BCUT2D eigenvalue weighted by Gasteiger charge is -2.34. The van der Waals surface area contributed by atoms with Crippen LogP contribution in [0.25, 0.3) is 0 Å². The topological polar surface area (TPSA) is 46.9 Å². The minimum atomic E-state index is -0.207. The second-order valence-corrected chi connectivity index (χ2v) is 15.1. The van der Waals surface area contributed by atoms with Crippen molar-refractivity contribution >= 4 is 5.69 Å². The lowest BCUT2D eigenvalue weighted by atomic mass is 9.78. The zero-order chi connectivity index (χ0) is 28.7. The Bertz CT molecular complexity index is 1090. The van der Waals surface area contributed by atoms with E-state index < -0.39 is 0 Å². The van der Waals surface area contributed by atoms with Gasteiger partial charge in [0.2, 0.25) is 0 Å². The highest BCUT2D eigenvalue weighted by Gasteiger charge is 2.29. The number of hydrogen-bond acceptors (Lipinski definition) is 4. The number of hydrogen-bond donors (Lipinski definition) is 2. The Morgan fingerprint density at radius 2 is 1.00 bits per heavy atom. The summed E-state index contributed by atoms with van der Waals surface area (Å²) in [7, 11) is 4.14. The van der Waals surface area contributed by atoms with Crippen LogP contribution < -0.4 is 4.90 Å². The summed E-state index contributed by atoms with van der Waals surface area (Å²) in [4.78, 5) is 4.40. The van der Waals surface area contributed by atoms with Crippen molar-refractivity contribution in [3.8, 4) is 11.5 Å². The van der Waals surface area contributed by atoms with E-state index in [-0.39, 0.29) is 21.7 Å². The van der Waals surface area contributed by atoms with Crippen LogP contribution in [0.4, 0.5) is 5.69 Å². The molecule has 2 rings (SSSR count). The third kappa shape index (κ3) is 7.66. The van der Waals surface area contributed by atoms with Crippen LogP contribution in [-0.2, 0) is 28.2 Å². The molecule has 0 atom stereocenters. The molecule has 2 aromatic carbocycles. The van der Waals surface area contributed by atoms with Gasteiger partial charge in [0.05, 0.1) is 5.69 Å². The second-order valence-electron chi connectivity index (χ2n) is 15.1. The van der Waals surface area contributed by atoms with Crippen molar-refractivity contribution in [3.63, 3.8) is 0 Å². The number of phenols is 2. The second kappa shape index (κ2) is 10.5. The molecule has 4 nitrogen and oxygen atoms in total. The summed E-state index contributed by atoms with van der Waals surface area (Å²) < 4.78 is 0. The van der Waals surface area contributed by atoms with Crippen LogP contribution in [0.15, 0.2) is 24.3 Å². The Labute approximate surface area is 227 Å². The summed E-state index contributed by atoms with van der Waals surface area (Å²) in [6.07, 6.45) is 0. The monoisotopic (exact) mass is 510 g/mol. The average molecular weight is 511 g/mol. The van der Waals surface area contributed by atoms with E-state index in [1.807, 2.05) is 0 Å². The van der Waals surface area contributed by atoms with Gasteiger partial charge in [-0.2, -0.15) is 0 Å². The Hall–Kier alpha value is -2.20. The highest BCUT2D eigenvalue weighted by atomic mass is 16.3. The maximum absolute atomic E-state index is 11.6. The molecule has 37 heavy (non-hydrogen) atoms. The van der Waals surface area contributed by atoms with E-state index in [9.17, 15) is 10.2 Å². The minimum absolute atomic E-state index is 0.0510. The molecular formula is C33H54N2O2. The van der Waals surface area contributed by atoms with Crippen molar-refractivity contribution in [3.05, 3.63) is 52.1 Å². The number of likely N-dealkylation sites (N-methyl/N-ethyl adjacent to an activating group) is 1. The fourth-order valence-corrected chi connectivity index (χ4v) is 4.50. The summed E-state index contributed by atoms with van der Waals surface area (Å²) in [5.74, 6) is 0.694. The van der Waals surface area contributed by atoms with E-state index in [0.29, 0.717) is 18.0 Å². The first-order chi connectivity index (χ1) is 16.5. The summed E-state index contributed by atoms with van der Waals surface area (Å²) in [6.45, 7) is 28.3. The molecule has 208 valence electrons. The molecule has 0 aliphatic carbocycles.